The number of hydrogen-bond acceptors (Lipinski definition) is 0. The lowest BCUT2D eigenvalue weighted by atomic mass is 10.0. The van der Waals surface area contributed by atoms with Crippen molar-refractivity contribution in [3.63, 3.8) is 0 Å². The van der Waals surface area contributed by atoms with Gasteiger partial charge in [0, 0.05) is 17.1 Å². The highest BCUT2D eigenvalue weighted by Crippen LogP contribution is 2.26. The molecule has 2 aromatic rings. The van der Waals surface area contributed by atoms with E-state index in [0.29, 0.717) is 5.92 Å². The van der Waals surface area contributed by atoms with Crippen molar-refractivity contribution >= 4 is 0 Å². The van der Waals surface area contributed by atoms with E-state index in [4.69, 9.17) is 0 Å². The molecule has 0 aliphatic rings. The Morgan fingerprint density at radius 2 is 1.65 bits per heavy atom. The van der Waals surface area contributed by atoms with E-state index in [1.807, 2.05) is 12.1 Å². The molecule has 1 heterocycles. The van der Waals surface area contributed by atoms with Crippen LogP contribution in [0.5, 0.6) is 0 Å². The topological polar surface area (TPSA) is 4.93 Å². The molecule has 0 spiro atoms. The van der Waals surface area contributed by atoms with Crippen LogP contribution in [0, 0.1) is 19.7 Å². The number of hydrogen-bond donors (Lipinski definition) is 0. The molecular weight excluding hydrogens is 213 g/mol. The molecule has 1 aromatic carbocycles. The lowest BCUT2D eigenvalue weighted by Crippen LogP contribution is -2.00. The average molecular weight is 231 g/mol. The number of nitrogens with zero attached hydrogens (tertiary/aromatic N) is 1. The van der Waals surface area contributed by atoms with Gasteiger partial charge in [-0.15, -0.1) is 0 Å². The van der Waals surface area contributed by atoms with Crippen LogP contribution in [-0.4, -0.2) is 4.57 Å². The second-order valence-electron chi connectivity index (χ2n) is 4.79. The maximum atomic E-state index is 12.9. The van der Waals surface area contributed by atoms with Crippen molar-refractivity contribution in [2.45, 2.75) is 33.6 Å². The monoisotopic (exact) mass is 231 g/mol. The smallest absolute Gasteiger partial charge is 0.123 e. The van der Waals surface area contributed by atoms with E-state index in [1.165, 1.54) is 29.1 Å². The number of aromatic nitrogens is 1. The molecule has 0 unspecified atom stereocenters. The SMILES string of the molecule is Cc1cc(C(C)C)c(C)n1-c1ccc(F)cc1. The zero-order chi connectivity index (χ0) is 12.6. The Hall–Kier alpha value is -1.57. The second kappa shape index (κ2) is 4.36. The van der Waals surface area contributed by atoms with Gasteiger partial charge in [-0.25, -0.2) is 4.39 Å². The van der Waals surface area contributed by atoms with Gasteiger partial charge in [-0.05, 0) is 55.7 Å². The van der Waals surface area contributed by atoms with Crippen molar-refractivity contribution in [2.24, 2.45) is 0 Å². The summed E-state index contributed by atoms with van der Waals surface area (Å²) in [7, 11) is 0. The normalized spacial score (nSPS) is 11.2. The lowest BCUT2D eigenvalue weighted by Gasteiger charge is -2.11. The van der Waals surface area contributed by atoms with Gasteiger partial charge >= 0.3 is 0 Å². The summed E-state index contributed by atoms with van der Waals surface area (Å²) in [5.74, 6) is 0.315. The van der Waals surface area contributed by atoms with E-state index in [2.05, 4.69) is 38.3 Å². The minimum absolute atomic E-state index is 0.194. The Morgan fingerprint density at radius 3 is 2.12 bits per heavy atom. The van der Waals surface area contributed by atoms with Crippen LogP contribution in [0.15, 0.2) is 30.3 Å². The van der Waals surface area contributed by atoms with Gasteiger partial charge in [0.15, 0.2) is 0 Å². The van der Waals surface area contributed by atoms with Gasteiger partial charge in [0.25, 0.3) is 0 Å². The van der Waals surface area contributed by atoms with Crippen LogP contribution in [-0.2, 0) is 0 Å². The van der Waals surface area contributed by atoms with Crippen LogP contribution in [0.2, 0.25) is 0 Å². The van der Waals surface area contributed by atoms with Crippen molar-refractivity contribution in [2.75, 3.05) is 0 Å². The number of halogens is 1. The largest absolute Gasteiger partial charge is 0.318 e. The highest BCUT2D eigenvalue weighted by Gasteiger charge is 2.12. The molecule has 0 bridgehead atoms. The fourth-order valence-electron chi connectivity index (χ4n) is 2.36. The maximum Gasteiger partial charge on any atom is 0.123 e. The summed E-state index contributed by atoms with van der Waals surface area (Å²) < 4.78 is 15.1. The predicted octanol–water partition coefficient (Wildman–Crippen LogP) is 4.36. The molecule has 0 saturated carbocycles. The van der Waals surface area contributed by atoms with E-state index in [-0.39, 0.29) is 5.82 Å². The summed E-state index contributed by atoms with van der Waals surface area (Å²) >= 11 is 0. The first kappa shape index (κ1) is 11.9. The fourth-order valence-corrected chi connectivity index (χ4v) is 2.36. The third kappa shape index (κ3) is 2.12. The van der Waals surface area contributed by atoms with Gasteiger partial charge in [0.05, 0.1) is 0 Å². The molecule has 1 nitrogen and oxygen atoms in total. The zero-order valence-electron chi connectivity index (χ0n) is 10.8. The van der Waals surface area contributed by atoms with E-state index in [9.17, 15) is 4.39 Å². The minimum atomic E-state index is -0.194. The number of benzene rings is 1. The molecule has 0 aliphatic heterocycles. The van der Waals surface area contributed by atoms with Gasteiger partial charge in [-0.1, -0.05) is 13.8 Å². The summed E-state index contributed by atoms with van der Waals surface area (Å²) in [4.78, 5) is 0. The molecule has 2 rings (SSSR count). The van der Waals surface area contributed by atoms with E-state index < -0.39 is 0 Å². The molecule has 0 amide bonds. The highest BCUT2D eigenvalue weighted by atomic mass is 19.1. The van der Waals surface area contributed by atoms with Crippen LogP contribution in [0.25, 0.3) is 5.69 Å². The van der Waals surface area contributed by atoms with Crippen LogP contribution >= 0.6 is 0 Å². The summed E-state index contributed by atoms with van der Waals surface area (Å²) in [6.45, 7) is 8.58. The van der Waals surface area contributed by atoms with Crippen molar-refractivity contribution in [1.29, 1.82) is 0 Å². The molecule has 1 aromatic heterocycles. The zero-order valence-corrected chi connectivity index (χ0v) is 10.8. The Kier molecular flexibility index (Phi) is 3.05. The van der Waals surface area contributed by atoms with Gasteiger partial charge in [0.2, 0.25) is 0 Å². The molecule has 0 radical (unpaired) electrons. The maximum absolute atomic E-state index is 12.9. The highest BCUT2D eigenvalue weighted by molar-refractivity contribution is 5.42. The minimum Gasteiger partial charge on any atom is -0.318 e. The van der Waals surface area contributed by atoms with Gasteiger partial charge in [-0.2, -0.15) is 0 Å². The molecule has 2 heteroatoms. The van der Waals surface area contributed by atoms with E-state index in [0.717, 1.165) is 5.69 Å². The van der Waals surface area contributed by atoms with Gasteiger partial charge in [0.1, 0.15) is 5.82 Å². The van der Waals surface area contributed by atoms with Crippen LogP contribution in [0.1, 0.15) is 36.7 Å². The Balaban J connectivity index is 2.56. The van der Waals surface area contributed by atoms with Crippen molar-refractivity contribution < 1.29 is 4.39 Å². The average Bonchev–Trinajstić information content (AvgIpc) is 2.56. The van der Waals surface area contributed by atoms with Gasteiger partial charge in [-0.3, -0.25) is 0 Å². The first-order chi connectivity index (χ1) is 8.00. The Bertz CT molecular complexity index is 521. The summed E-state index contributed by atoms with van der Waals surface area (Å²) in [6, 6.07) is 8.86. The molecule has 0 aliphatic carbocycles. The van der Waals surface area contributed by atoms with Crippen molar-refractivity contribution in [3.05, 3.63) is 53.1 Å². The number of rotatable bonds is 2. The fraction of sp³-hybridized carbons (Fsp3) is 0.333. The lowest BCUT2D eigenvalue weighted by molar-refractivity contribution is 0.627. The first-order valence-electron chi connectivity index (χ1n) is 5.95. The summed E-state index contributed by atoms with van der Waals surface area (Å²) in [5, 5.41) is 0. The van der Waals surface area contributed by atoms with Crippen molar-refractivity contribution in [3.8, 4) is 5.69 Å². The molecule has 0 N–H and O–H groups in total. The molecule has 90 valence electrons. The van der Waals surface area contributed by atoms with Gasteiger partial charge < -0.3 is 4.57 Å². The Labute approximate surface area is 102 Å². The van der Waals surface area contributed by atoms with E-state index >= 15 is 0 Å². The van der Waals surface area contributed by atoms with E-state index in [1.54, 1.807) is 0 Å². The molecule has 0 fully saturated rings. The van der Waals surface area contributed by atoms with Crippen LogP contribution < -0.4 is 0 Å². The number of aryl methyl sites for hydroxylation is 1. The van der Waals surface area contributed by atoms with Crippen LogP contribution in [0.3, 0.4) is 0 Å². The first-order valence-corrected chi connectivity index (χ1v) is 5.95. The van der Waals surface area contributed by atoms with Crippen LogP contribution in [0.4, 0.5) is 4.39 Å². The Morgan fingerprint density at radius 1 is 1.06 bits per heavy atom. The summed E-state index contributed by atoms with van der Waals surface area (Å²) in [5.41, 5.74) is 4.81. The quantitative estimate of drug-likeness (QED) is 0.723. The molecule has 0 atom stereocenters. The standard InChI is InChI=1S/C15H18FN/c1-10(2)15-9-11(3)17(12(15)4)14-7-5-13(16)6-8-14/h5-10H,1-4H3. The predicted molar refractivity (Wildman–Crippen MR) is 69.3 cm³/mol. The third-order valence-corrected chi connectivity index (χ3v) is 3.18. The molecular formula is C15H18FN. The molecule has 17 heavy (non-hydrogen) atoms. The van der Waals surface area contributed by atoms with Crippen molar-refractivity contribution in [1.82, 2.24) is 4.57 Å². The third-order valence-electron chi connectivity index (χ3n) is 3.18. The summed E-state index contributed by atoms with van der Waals surface area (Å²) in [6.07, 6.45) is 0. The second-order valence-corrected chi connectivity index (χ2v) is 4.79. The molecule has 0 saturated heterocycles.